The van der Waals surface area contributed by atoms with Crippen LogP contribution >= 0.6 is 0 Å². The second-order valence-electron chi connectivity index (χ2n) is 16.4. The van der Waals surface area contributed by atoms with Gasteiger partial charge in [0.25, 0.3) is 0 Å². The van der Waals surface area contributed by atoms with Crippen LogP contribution in [-0.2, 0) is 0 Å². The van der Waals surface area contributed by atoms with Crippen LogP contribution in [0.3, 0.4) is 0 Å². The maximum atomic E-state index is 2.56. The minimum atomic E-state index is -2.95. The number of hydrogen-bond acceptors (Lipinski definition) is 0. The molecule has 12 aromatic rings. The summed E-state index contributed by atoms with van der Waals surface area (Å²) in [6.07, 6.45) is 0. The molecule has 0 aliphatic rings. The number of fused-ring (bicyclic) bond motifs is 6. The van der Waals surface area contributed by atoms with Crippen LogP contribution in [0.4, 0.5) is 0 Å². The van der Waals surface area contributed by atoms with Gasteiger partial charge < -0.3 is 9.13 Å². The van der Waals surface area contributed by atoms with Gasteiger partial charge in [-0.1, -0.05) is 224 Å². The molecule has 63 heavy (non-hydrogen) atoms. The summed E-state index contributed by atoms with van der Waals surface area (Å²) in [6, 6.07) is 94.5. The summed E-state index contributed by atoms with van der Waals surface area (Å²) in [6.45, 7) is 0. The molecule has 3 heteroatoms. The van der Waals surface area contributed by atoms with Crippen LogP contribution in [0.1, 0.15) is 0 Å². The van der Waals surface area contributed by atoms with Gasteiger partial charge in [0.2, 0.25) is 0 Å². The summed E-state index contributed by atoms with van der Waals surface area (Å²) in [5.74, 6) is 0. The molecule has 2 nitrogen and oxygen atoms in total. The summed E-state index contributed by atoms with van der Waals surface area (Å²) in [5, 5.41) is 10.3. The van der Waals surface area contributed by atoms with Gasteiger partial charge in [-0.15, -0.1) is 0 Å². The highest BCUT2D eigenvalue weighted by atomic mass is 28.3. The van der Waals surface area contributed by atoms with Crippen molar-refractivity contribution in [3.8, 4) is 33.6 Å². The monoisotopic (exact) mass is 818 g/mol. The van der Waals surface area contributed by atoms with Crippen molar-refractivity contribution in [2.75, 3.05) is 0 Å². The van der Waals surface area contributed by atoms with E-state index in [2.05, 4.69) is 264 Å². The van der Waals surface area contributed by atoms with Crippen molar-refractivity contribution in [3.63, 3.8) is 0 Å². The molecule has 0 aliphatic heterocycles. The molecule has 0 fully saturated rings. The van der Waals surface area contributed by atoms with Gasteiger partial charge in [-0.2, -0.15) is 0 Å². The quantitative estimate of drug-likeness (QED) is 0.107. The molecule has 0 bridgehead atoms. The molecule has 0 amide bonds. The van der Waals surface area contributed by atoms with E-state index in [1.54, 1.807) is 0 Å². The molecule has 296 valence electrons. The van der Waals surface area contributed by atoms with Crippen LogP contribution in [0.25, 0.3) is 77.2 Å². The number of aromatic nitrogens is 2. The van der Waals surface area contributed by atoms with Crippen molar-refractivity contribution < 1.29 is 0 Å². The van der Waals surface area contributed by atoms with Gasteiger partial charge in [-0.25, -0.2) is 0 Å². The molecule has 0 saturated carbocycles. The number of para-hydroxylation sites is 3. The van der Waals surface area contributed by atoms with Crippen molar-refractivity contribution in [2.24, 2.45) is 0 Å². The van der Waals surface area contributed by atoms with Gasteiger partial charge in [-0.3, -0.25) is 0 Å². The van der Waals surface area contributed by atoms with E-state index in [9.17, 15) is 0 Å². The largest absolute Gasteiger partial charge is 0.309 e. The third-order valence-electron chi connectivity index (χ3n) is 13.1. The molecule has 12 rings (SSSR count). The lowest BCUT2D eigenvalue weighted by Crippen LogP contribution is -2.74. The van der Waals surface area contributed by atoms with Gasteiger partial charge in [0.15, 0.2) is 8.07 Å². The van der Waals surface area contributed by atoms with E-state index >= 15 is 0 Å². The van der Waals surface area contributed by atoms with Gasteiger partial charge in [0.1, 0.15) is 0 Å². The predicted octanol–water partition coefficient (Wildman–Crippen LogP) is 12.6. The molecule has 0 atom stereocenters. The lowest BCUT2D eigenvalue weighted by molar-refractivity contribution is 1.17. The van der Waals surface area contributed by atoms with Crippen molar-refractivity contribution in [3.05, 3.63) is 255 Å². The number of rotatable bonds is 8. The smallest absolute Gasteiger partial charge is 0.179 e. The summed E-state index contributed by atoms with van der Waals surface area (Å²) < 4.78 is 5.04. The molecule has 2 aromatic heterocycles. The molecule has 0 aliphatic carbocycles. The van der Waals surface area contributed by atoms with E-state index in [0.717, 1.165) is 5.52 Å². The average Bonchev–Trinajstić information content (AvgIpc) is 3.89. The summed E-state index contributed by atoms with van der Waals surface area (Å²) >= 11 is 0. The van der Waals surface area contributed by atoms with Gasteiger partial charge in [0, 0.05) is 32.7 Å². The highest BCUT2D eigenvalue weighted by Crippen LogP contribution is 2.44. The van der Waals surface area contributed by atoms with Gasteiger partial charge >= 0.3 is 0 Å². The standard InChI is InChI=1S/C60H42N2Si/c1-6-23-43(24-7-1)52-41-48(63(45-27-10-3-11-28-45,46-29-12-4-13-30-46)47-31-14-5-15-32-47)42-53(44-25-8-2-9-26-44)60(52)62-56-38-21-18-35-51(56)59-57(39-22-40-58(59)62)61-54-36-19-16-33-49(54)50-34-17-20-37-55(50)61/h1-42H. The zero-order valence-corrected chi connectivity index (χ0v) is 35.6. The second kappa shape index (κ2) is 15.2. The Morgan fingerprint density at radius 2 is 0.635 bits per heavy atom. The number of hydrogen-bond donors (Lipinski definition) is 0. The van der Waals surface area contributed by atoms with Gasteiger partial charge in [-0.05, 0) is 62.2 Å². The fourth-order valence-electron chi connectivity index (χ4n) is 10.4. The van der Waals surface area contributed by atoms with E-state index in [0.29, 0.717) is 0 Å². The Kier molecular flexibility index (Phi) is 8.87. The van der Waals surface area contributed by atoms with E-state index < -0.39 is 8.07 Å². The molecule has 10 aromatic carbocycles. The second-order valence-corrected chi connectivity index (χ2v) is 20.2. The van der Waals surface area contributed by atoms with E-state index in [1.807, 2.05) is 0 Å². The molecule has 0 N–H and O–H groups in total. The first-order chi connectivity index (χ1) is 31.3. The number of nitrogens with zero attached hydrogens (tertiary/aromatic N) is 2. The van der Waals surface area contributed by atoms with Crippen molar-refractivity contribution >= 4 is 72.4 Å². The molecular formula is C60H42N2Si. The maximum Gasteiger partial charge on any atom is 0.179 e. The Morgan fingerprint density at radius 3 is 1.10 bits per heavy atom. The maximum absolute atomic E-state index is 2.95. The van der Waals surface area contributed by atoms with Crippen LogP contribution in [0.15, 0.2) is 255 Å². The Hall–Kier alpha value is -7.98. The van der Waals surface area contributed by atoms with Crippen LogP contribution in [-0.4, -0.2) is 17.2 Å². The number of benzene rings is 10. The van der Waals surface area contributed by atoms with Crippen molar-refractivity contribution in [1.82, 2.24) is 9.13 Å². The first kappa shape index (κ1) is 36.8. The molecule has 0 radical (unpaired) electrons. The average molecular weight is 819 g/mol. The van der Waals surface area contributed by atoms with E-state index in [-0.39, 0.29) is 0 Å². The lowest BCUT2D eigenvalue weighted by atomic mass is 9.95. The molecular weight excluding hydrogens is 777 g/mol. The van der Waals surface area contributed by atoms with Crippen LogP contribution in [0, 0.1) is 0 Å². The third-order valence-corrected chi connectivity index (χ3v) is 17.8. The van der Waals surface area contributed by atoms with Crippen LogP contribution < -0.4 is 20.7 Å². The van der Waals surface area contributed by atoms with E-state index in [4.69, 9.17) is 0 Å². The Labute approximate surface area is 368 Å². The highest BCUT2D eigenvalue weighted by molar-refractivity contribution is 7.20. The first-order valence-corrected chi connectivity index (χ1v) is 23.8. The topological polar surface area (TPSA) is 9.86 Å². The highest BCUT2D eigenvalue weighted by Gasteiger charge is 2.42. The van der Waals surface area contributed by atoms with Crippen LogP contribution in [0.2, 0.25) is 0 Å². The summed E-state index contributed by atoms with van der Waals surface area (Å²) in [4.78, 5) is 0. The van der Waals surface area contributed by atoms with Crippen molar-refractivity contribution in [1.29, 1.82) is 0 Å². The summed E-state index contributed by atoms with van der Waals surface area (Å²) in [7, 11) is -2.95. The fraction of sp³-hybridized carbons (Fsp3) is 0. The molecule has 0 spiro atoms. The minimum Gasteiger partial charge on any atom is -0.309 e. The molecule has 0 unspecified atom stereocenters. The molecule has 0 saturated heterocycles. The minimum absolute atomic E-state index is 1.16. The van der Waals surface area contributed by atoms with E-state index in [1.165, 1.54) is 92.5 Å². The van der Waals surface area contributed by atoms with Crippen LogP contribution in [0.5, 0.6) is 0 Å². The van der Waals surface area contributed by atoms with Gasteiger partial charge in [0.05, 0.1) is 33.4 Å². The Morgan fingerprint density at radius 1 is 0.270 bits per heavy atom. The first-order valence-electron chi connectivity index (χ1n) is 21.8. The zero-order chi connectivity index (χ0) is 41.7. The normalized spacial score (nSPS) is 11.8. The third kappa shape index (κ3) is 5.78. The predicted molar refractivity (Wildman–Crippen MR) is 270 cm³/mol. The fourth-order valence-corrected chi connectivity index (χ4v) is 15.2. The Bertz CT molecular complexity index is 3380. The molecule has 2 heterocycles. The summed E-state index contributed by atoms with van der Waals surface area (Å²) in [5.41, 5.74) is 11.8. The SMILES string of the molecule is c1ccc(-c2cc([Si](c3ccccc3)(c3ccccc3)c3ccccc3)cc(-c3ccccc3)c2-n2c3ccccc3c3c(-n4c5ccccc5c5ccccc54)cccc32)cc1. The zero-order valence-electron chi connectivity index (χ0n) is 34.6. The lowest BCUT2D eigenvalue weighted by Gasteiger charge is -2.36. The Balaban J connectivity index is 1.26. The van der Waals surface area contributed by atoms with Crippen molar-refractivity contribution in [2.45, 2.75) is 0 Å².